The maximum Gasteiger partial charge on any atom is 0.252 e. The van der Waals surface area contributed by atoms with Gasteiger partial charge >= 0.3 is 0 Å². The van der Waals surface area contributed by atoms with Crippen molar-refractivity contribution in [2.45, 2.75) is 67.2 Å². The average Bonchev–Trinajstić information content (AvgIpc) is 3.69. The number of aryl methyl sites for hydroxylation is 2. The SMILES string of the molecule is Cc1ccccc1N1c2cc3c(cc2B2c4cc5c(cc4N(c4ccccc4C)c4cc(N(c6ccccc6)c6ccccc6)cc1c42)CC(C)(C)C5)CC(C)(C)C3. The first-order chi connectivity index (χ1) is 28.0. The molecule has 0 saturated heterocycles. The van der Waals surface area contributed by atoms with Crippen molar-refractivity contribution in [1.29, 1.82) is 0 Å². The van der Waals surface area contributed by atoms with Crippen molar-refractivity contribution in [2.24, 2.45) is 10.8 Å². The van der Waals surface area contributed by atoms with Gasteiger partial charge < -0.3 is 14.7 Å². The third kappa shape index (κ3) is 5.48. The van der Waals surface area contributed by atoms with Gasteiger partial charge in [-0.3, -0.25) is 0 Å². The van der Waals surface area contributed by atoms with Crippen molar-refractivity contribution < 1.29 is 0 Å². The fourth-order valence-corrected chi connectivity index (χ4v) is 11.0. The van der Waals surface area contributed by atoms with E-state index < -0.39 is 0 Å². The van der Waals surface area contributed by atoms with Crippen LogP contribution in [0.25, 0.3) is 0 Å². The van der Waals surface area contributed by atoms with E-state index in [1.165, 1.54) is 83.9 Å². The molecule has 0 spiro atoms. The molecule has 2 heterocycles. The van der Waals surface area contributed by atoms with Gasteiger partial charge in [0.25, 0.3) is 6.71 Å². The molecule has 0 bridgehead atoms. The van der Waals surface area contributed by atoms with Crippen LogP contribution in [0.15, 0.2) is 146 Å². The minimum absolute atomic E-state index is 0.0783. The molecule has 0 amide bonds. The van der Waals surface area contributed by atoms with Crippen LogP contribution in [0.1, 0.15) is 61.1 Å². The first-order valence-corrected chi connectivity index (χ1v) is 21.1. The van der Waals surface area contributed by atoms with E-state index in [0.717, 1.165) is 42.7 Å². The number of fused-ring (bicyclic) bond motifs is 6. The van der Waals surface area contributed by atoms with Gasteiger partial charge in [-0.1, -0.05) is 113 Å². The van der Waals surface area contributed by atoms with Crippen LogP contribution in [0.3, 0.4) is 0 Å². The highest BCUT2D eigenvalue weighted by atomic mass is 15.2. The summed E-state index contributed by atoms with van der Waals surface area (Å²) in [5.74, 6) is 0. The molecule has 7 aromatic carbocycles. The smallest absolute Gasteiger partial charge is 0.252 e. The van der Waals surface area contributed by atoms with Gasteiger partial charge in [-0.05, 0) is 161 Å². The van der Waals surface area contributed by atoms with Crippen LogP contribution in [0.5, 0.6) is 0 Å². The molecule has 0 aromatic heterocycles. The van der Waals surface area contributed by atoms with Crippen LogP contribution in [-0.2, 0) is 25.7 Å². The Bertz CT molecular complexity index is 2600. The van der Waals surface area contributed by atoms with Gasteiger partial charge in [-0.2, -0.15) is 0 Å². The first kappa shape index (κ1) is 35.2. The predicted octanol–water partition coefficient (Wildman–Crippen LogP) is 12.1. The summed E-state index contributed by atoms with van der Waals surface area (Å²) in [6.07, 6.45) is 4.40. The third-order valence-corrected chi connectivity index (χ3v) is 13.4. The van der Waals surface area contributed by atoms with Crippen molar-refractivity contribution in [2.75, 3.05) is 14.7 Å². The van der Waals surface area contributed by atoms with E-state index in [1.807, 2.05) is 0 Å². The van der Waals surface area contributed by atoms with E-state index in [0.29, 0.717) is 0 Å². The summed E-state index contributed by atoms with van der Waals surface area (Å²) in [5, 5.41) is 0. The number of nitrogens with zero attached hydrogens (tertiary/aromatic N) is 3. The van der Waals surface area contributed by atoms with E-state index in [9.17, 15) is 0 Å². The summed E-state index contributed by atoms with van der Waals surface area (Å²) in [6.45, 7) is 14.4. The monoisotopic (exact) mass is 751 g/mol. The highest BCUT2D eigenvalue weighted by Crippen LogP contribution is 2.51. The zero-order valence-corrected chi connectivity index (χ0v) is 34.6. The lowest BCUT2D eigenvalue weighted by Crippen LogP contribution is -2.61. The summed E-state index contributed by atoms with van der Waals surface area (Å²) >= 11 is 0. The minimum atomic E-state index is 0.0783. The van der Waals surface area contributed by atoms with Gasteiger partial charge in [0.1, 0.15) is 0 Å². The Morgan fingerprint density at radius 3 is 1.21 bits per heavy atom. The van der Waals surface area contributed by atoms with Crippen LogP contribution in [-0.4, -0.2) is 6.71 Å². The fourth-order valence-electron chi connectivity index (χ4n) is 11.0. The summed E-state index contributed by atoms with van der Waals surface area (Å²) in [7, 11) is 0. The van der Waals surface area contributed by atoms with Crippen molar-refractivity contribution in [3.05, 3.63) is 179 Å². The number of hydrogen-bond acceptors (Lipinski definition) is 3. The molecular weight excluding hydrogens is 701 g/mol. The van der Waals surface area contributed by atoms with E-state index >= 15 is 0 Å². The van der Waals surface area contributed by atoms with Crippen molar-refractivity contribution in [1.82, 2.24) is 0 Å². The topological polar surface area (TPSA) is 9.72 Å². The number of benzene rings is 7. The molecule has 284 valence electrons. The molecule has 0 fully saturated rings. The van der Waals surface area contributed by atoms with Gasteiger partial charge in [0.05, 0.1) is 5.69 Å². The molecule has 3 nitrogen and oxygen atoms in total. The molecule has 0 saturated carbocycles. The number of hydrogen-bond donors (Lipinski definition) is 0. The zero-order valence-electron chi connectivity index (χ0n) is 34.6. The standard InChI is InChI=1S/C54H50BN3/c1-35-17-13-15-23-46(35)57-48-27-39-33-53(3,4)31-37(39)25-44(48)55-45-26-38-32-54(5,6)34-40(38)28-49(45)58(47-24-16-14-18-36(47)2)51-30-43(29-50(57)52(51)55)56(41-19-9-7-10-20-41)42-21-11-8-12-22-42/h7-30H,31-34H2,1-6H3. The number of rotatable bonds is 5. The Morgan fingerprint density at radius 1 is 0.414 bits per heavy atom. The molecule has 7 aromatic rings. The fraction of sp³-hybridized carbons (Fsp3) is 0.222. The molecule has 0 atom stereocenters. The van der Waals surface area contributed by atoms with E-state index in [-0.39, 0.29) is 17.5 Å². The maximum atomic E-state index is 2.63. The zero-order chi connectivity index (χ0) is 39.5. The van der Waals surface area contributed by atoms with Crippen molar-refractivity contribution in [3.63, 3.8) is 0 Å². The van der Waals surface area contributed by atoms with Crippen LogP contribution in [0.4, 0.5) is 51.2 Å². The summed E-state index contributed by atoms with van der Waals surface area (Å²) in [4.78, 5) is 7.70. The van der Waals surface area contributed by atoms with Gasteiger partial charge in [-0.25, -0.2) is 0 Å². The quantitative estimate of drug-likeness (QED) is 0.162. The van der Waals surface area contributed by atoms with Crippen LogP contribution >= 0.6 is 0 Å². The Morgan fingerprint density at radius 2 is 0.793 bits per heavy atom. The number of para-hydroxylation sites is 4. The average molecular weight is 752 g/mol. The summed E-state index contributed by atoms with van der Waals surface area (Å²) in [6, 6.07) is 55.1. The Hall–Kier alpha value is -6.00. The third-order valence-electron chi connectivity index (χ3n) is 13.4. The molecule has 0 N–H and O–H groups in total. The lowest BCUT2D eigenvalue weighted by Gasteiger charge is -2.46. The minimum Gasteiger partial charge on any atom is -0.311 e. The van der Waals surface area contributed by atoms with Crippen LogP contribution in [0, 0.1) is 24.7 Å². The second kappa shape index (κ2) is 12.8. The van der Waals surface area contributed by atoms with Crippen molar-refractivity contribution in [3.8, 4) is 0 Å². The van der Waals surface area contributed by atoms with Crippen LogP contribution < -0.4 is 31.1 Å². The highest BCUT2D eigenvalue weighted by molar-refractivity contribution is 7.00. The number of anilines is 9. The molecule has 58 heavy (non-hydrogen) atoms. The maximum absolute atomic E-state index is 2.63. The van der Waals surface area contributed by atoms with Gasteiger partial charge in [0.15, 0.2) is 0 Å². The molecular formula is C54H50BN3. The van der Waals surface area contributed by atoms with E-state index in [1.54, 1.807) is 0 Å². The molecule has 4 aliphatic rings. The van der Waals surface area contributed by atoms with Crippen molar-refractivity contribution >= 4 is 74.3 Å². The molecule has 2 aliphatic carbocycles. The molecule has 2 aliphatic heterocycles. The molecule has 11 rings (SSSR count). The Kier molecular flexibility index (Phi) is 7.74. The molecule has 4 heteroatoms. The highest BCUT2D eigenvalue weighted by Gasteiger charge is 2.46. The first-order valence-electron chi connectivity index (χ1n) is 21.1. The normalized spacial score (nSPS) is 16.3. The van der Waals surface area contributed by atoms with E-state index in [2.05, 4.69) is 202 Å². The molecule has 0 radical (unpaired) electrons. The Balaban J connectivity index is 1.29. The second-order valence-electron chi connectivity index (χ2n) is 19.0. The van der Waals surface area contributed by atoms with Crippen LogP contribution in [0.2, 0.25) is 0 Å². The van der Waals surface area contributed by atoms with E-state index in [4.69, 9.17) is 0 Å². The Labute approximate surface area is 344 Å². The van der Waals surface area contributed by atoms with Gasteiger partial charge in [-0.15, -0.1) is 0 Å². The largest absolute Gasteiger partial charge is 0.311 e. The van der Waals surface area contributed by atoms with Gasteiger partial charge in [0, 0.05) is 45.5 Å². The summed E-state index contributed by atoms with van der Waals surface area (Å²) < 4.78 is 0. The summed E-state index contributed by atoms with van der Waals surface area (Å²) in [5.41, 5.74) is 24.2. The lowest BCUT2D eigenvalue weighted by atomic mass is 9.33. The predicted molar refractivity (Wildman–Crippen MR) is 247 cm³/mol. The van der Waals surface area contributed by atoms with Gasteiger partial charge in [0.2, 0.25) is 0 Å². The second-order valence-corrected chi connectivity index (χ2v) is 19.0. The molecule has 0 unspecified atom stereocenters. The lowest BCUT2D eigenvalue weighted by molar-refractivity contribution is 0.392.